The second-order valence-corrected chi connectivity index (χ2v) is 4.86. The van der Waals surface area contributed by atoms with Crippen LogP contribution in [0.25, 0.3) is 0 Å². The molecule has 0 saturated heterocycles. The Kier molecular flexibility index (Phi) is 17.1. The van der Waals surface area contributed by atoms with Crippen molar-refractivity contribution in [1.29, 1.82) is 0 Å². The number of hydroxylamine groups is 1. The average Bonchev–Trinajstić information content (AvgIpc) is 2.57. The van der Waals surface area contributed by atoms with Gasteiger partial charge in [-0.3, -0.25) is 0 Å². The second-order valence-electron chi connectivity index (χ2n) is 4.86. The Balaban J connectivity index is 0. The van der Waals surface area contributed by atoms with Crippen molar-refractivity contribution >= 4 is 0 Å². The molecule has 0 aromatic heterocycles. The van der Waals surface area contributed by atoms with Gasteiger partial charge in [0.25, 0.3) is 0 Å². The molecule has 0 fully saturated rings. The van der Waals surface area contributed by atoms with E-state index >= 15 is 0 Å². The van der Waals surface area contributed by atoms with Gasteiger partial charge < -0.3 is 10.3 Å². The monoisotopic (exact) mass is 327 g/mol. The number of aromatic hydroxyl groups is 1. The fraction of sp³-hybridized carbons (Fsp3) is 0.238. The molecule has 0 saturated carbocycles. The van der Waals surface area contributed by atoms with E-state index in [-0.39, 0.29) is 5.92 Å². The zero-order valence-corrected chi connectivity index (χ0v) is 14.7. The van der Waals surface area contributed by atoms with Crippen molar-refractivity contribution < 1.29 is 10.3 Å². The van der Waals surface area contributed by atoms with Crippen LogP contribution >= 0.6 is 0 Å². The van der Waals surface area contributed by atoms with E-state index in [2.05, 4.69) is 26.0 Å². The highest BCUT2D eigenvalue weighted by Crippen LogP contribution is 2.12. The molecule has 0 bridgehead atoms. The summed E-state index contributed by atoms with van der Waals surface area (Å²) in [5, 5.41) is 16.8. The van der Waals surface area contributed by atoms with E-state index in [1.807, 2.05) is 43.6 Å². The summed E-state index contributed by atoms with van der Waals surface area (Å²) in [5.74, 6) is 2.93. The molecule has 0 aliphatic rings. The van der Waals surface area contributed by atoms with Gasteiger partial charge in [0, 0.05) is 13.0 Å². The Morgan fingerprint density at radius 2 is 2.00 bits per heavy atom. The largest absolute Gasteiger partial charge is 0.508 e. The maximum Gasteiger partial charge on any atom is 0.118 e. The highest BCUT2D eigenvalue weighted by molar-refractivity contribution is 5.29. The molecule has 3 heteroatoms. The van der Waals surface area contributed by atoms with Crippen LogP contribution in [0.1, 0.15) is 18.9 Å². The van der Waals surface area contributed by atoms with Crippen LogP contribution in [0.4, 0.5) is 0 Å². The molecule has 0 heterocycles. The molecule has 0 amide bonds. The van der Waals surface area contributed by atoms with Gasteiger partial charge in [0.05, 0.1) is 0 Å². The molecule has 1 aromatic carbocycles. The molecule has 2 radical (unpaired) electrons. The molecule has 0 aliphatic carbocycles. The third kappa shape index (κ3) is 14.6. The first kappa shape index (κ1) is 24.0. The first-order valence-electron chi connectivity index (χ1n) is 7.58. The number of terminal acetylenes is 1. The Morgan fingerprint density at radius 1 is 1.38 bits per heavy atom. The minimum absolute atomic E-state index is 0.114. The summed E-state index contributed by atoms with van der Waals surface area (Å²) < 4.78 is 0. The van der Waals surface area contributed by atoms with E-state index in [1.165, 1.54) is 0 Å². The van der Waals surface area contributed by atoms with Crippen molar-refractivity contribution in [1.82, 2.24) is 5.48 Å². The standard InChI is InChI=1S/C10H12.C7H8O.C4H9NO/c1-5-7-9(3)10(4)8-6-2;1-6-4-2-3-5-7(6)8;1-2-3-4-5-6/h1,6-9H,2-3H2,4H3;2-5,8H,1H3;2,5-6H,1,3-4H2/b10-8-;;. The van der Waals surface area contributed by atoms with Crippen molar-refractivity contribution in [2.75, 3.05) is 6.54 Å². The van der Waals surface area contributed by atoms with Crippen molar-refractivity contribution in [2.24, 2.45) is 5.92 Å². The minimum Gasteiger partial charge on any atom is -0.508 e. The molecule has 24 heavy (non-hydrogen) atoms. The van der Waals surface area contributed by atoms with Crippen LogP contribution in [0.2, 0.25) is 0 Å². The molecule has 0 spiro atoms. The molecule has 3 N–H and O–H groups in total. The van der Waals surface area contributed by atoms with Crippen LogP contribution in [0.5, 0.6) is 5.75 Å². The van der Waals surface area contributed by atoms with Crippen LogP contribution in [-0.2, 0) is 0 Å². The topological polar surface area (TPSA) is 52.5 Å². The van der Waals surface area contributed by atoms with Gasteiger partial charge in [0.1, 0.15) is 5.75 Å². The van der Waals surface area contributed by atoms with Crippen LogP contribution in [-0.4, -0.2) is 16.9 Å². The summed E-state index contributed by atoms with van der Waals surface area (Å²) in [6.07, 6.45) is 13.0. The van der Waals surface area contributed by atoms with E-state index in [0.29, 0.717) is 12.3 Å². The van der Waals surface area contributed by atoms with Gasteiger partial charge in [-0.15, -0.1) is 18.9 Å². The highest BCUT2D eigenvalue weighted by Gasteiger charge is 2.00. The van der Waals surface area contributed by atoms with Gasteiger partial charge in [-0.2, -0.15) is 0 Å². The molecule has 3 nitrogen and oxygen atoms in total. The van der Waals surface area contributed by atoms with Gasteiger partial charge in [-0.1, -0.05) is 48.6 Å². The molecule has 1 atom stereocenters. The second kappa shape index (κ2) is 17.1. The van der Waals surface area contributed by atoms with E-state index in [1.54, 1.807) is 24.6 Å². The smallest absolute Gasteiger partial charge is 0.118 e. The third-order valence-electron chi connectivity index (χ3n) is 2.84. The summed E-state index contributed by atoms with van der Waals surface area (Å²) in [5.41, 5.74) is 4.05. The summed E-state index contributed by atoms with van der Waals surface area (Å²) in [7, 11) is 0. The summed E-state index contributed by atoms with van der Waals surface area (Å²) in [4.78, 5) is 0. The lowest BCUT2D eigenvalue weighted by Gasteiger charge is -2.05. The lowest BCUT2D eigenvalue weighted by Crippen LogP contribution is -2.06. The van der Waals surface area contributed by atoms with Crippen LogP contribution < -0.4 is 5.48 Å². The Hall–Kier alpha value is -2.28. The maximum absolute atomic E-state index is 8.92. The van der Waals surface area contributed by atoms with E-state index < -0.39 is 0 Å². The number of phenols is 1. The van der Waals surface area contributed by atoms with Gasteiger partial charge in [-0.25, -0.2) is 5.48 Å². The summed E-state index contributed by atoms with van der Waals surface area (Å²) in [6.45, 7) is 15.3. The van der Waals surface area contributed by atoms with Crippen molar-refractivity contribution in [3.05, 3.63) is 80.1 Å². The van der Waals surface area contributed by atoms with E-state index in [4.69, 9.17) is 16.7 Å². The number of benzene rings is 1. The zero-order valence-electron chi connectivity index (χ0n) is 14.7. The Labute approximate surface area is 147 Å². The van der Waals surface area contributed by atoms with Gasteiger partial charge in [0.2, 0.25) is 0 Å². The average molecular weight is 327 g/mol. The number of nitrogens with one attached hydrogen (secondary N) is 1. The predicted molar refractivity (Wildman–Crippen MR) is 103 cm³/mol. The van der Waals surface area contributed by atoms with Gasteiger partial charge in [0.15, 0.2) is 0 Å². The fourth-order valence-corrected chi connectivity index (χ4v) is 1.29. The molecule has 1 rings (SSSR count). The number of hydrogen-bond donors (Lipinski definition) is 3. The number of para-hydroxylation sites is 1. The summed E-state index contributed by atoms with van der Waals surface area (Å²) in [6, 6.07) is 7.25. The minimum atomic E-state index is 0.114. The number of hydrogen-bond acceptors (Lipinski definition) is 3. The van der Waals surface area contributed by atoms with Crippen LogP contribution in [0.3, 0.4) is 0 Å². The van der Waals surface area contributed by atoms with Gasteiger partial charge in [-0.05, 0) is 44.7 Å². The Morgan fingerprint density at radius 3 is 2.33 bits per heavy atom. The van der Waals surface area contributed by atoms with Crippen LogP contribution in [0.15, 0.2) is 61.2 Å². The van der Waals surface area contributed by atoms with E-state index in [0.717, 1.165) is 17.6 Å². The van der Waals surface area contributed by atoms with Crippen LogP contribution in [0, 0.1) is 38.5 Å². The first-order valence-corrected chi connectivity index (χ1v) is 7.58. The van der Waals surface area contributed by atoms with E-state index in [9.17, 15) is 0 Å². The lowest BCUT2D eigenvalue weighted by atomic mass is 9.99. The fourth-order valence-electron chi connectivity index (χ4n) is 1.29. The number of phenolic OH excluding ortho intramolecular Hbond substituents is 1. The predicted octanol–water partition coefficient (Wildman–Crippen LogP) is 4.65. The zero-order chi connectivity index (χ0) is 18.8. The third-order valence-corrected chi connectivity index (χ3v) is 2.84. The van der Waals surface area contributed by atoms with Crippen molar-refractivity contribution in [2.45, 2.75) is 20.3 Å². The lowest BCUT2D eigenvalue weighted by molar-refractivity contribution is 0.169. The molecular formula is C21H29NO2. The molecule has 130 valence electrons. The summed E-state index contributed by atoms with van der Waals surface area (Å²) >= 11 is 0. The van der Waals surface area contributed by atoms with Gasteiger partial charge >= 0.3 is 0 Å². The maximum atomic E-state index is 8.92. The normalized spacial score (nSPS) is 10.9. The number of aryl methyl sites for hydroxylation is 1. The Bertz CT molecular complexity index is 506. The number of allylic oxidation sites excluding steroid dienone is 3. The van der Waals surface area contributed by atoms with Crippen molar-refractivity contribution in [3.8, 4) is 18.1 Å². The first-order chi connectivity index (χ1) is 11.4. The molecule has 1 aromatic rings. The highest BCUT2D eigenvalue weighted by atomic mass is 16.5. The SMILES string of the molecule is C#C[CH]C([CH2])/C(C)=C\C=C.C=CCCNO.Cc1ccccc1O. The number of rotatable bonds is 6. The molecule has 1 unspecified atom stereocenters. The van der Waals surface area contributed by atoms with Crippen molar-refractivity contribution in [3.63, 3.8) is 0 Å². The quantitative estimate of drug-likeness (QED) is 0.234. The molecule has 0 aliphatic heterocycles. The molecular weight excluding hydrogens is 298 g/mol.